The Morgan fingerprint density at radius 1 is 1.16 bits per heavy atom. The van der Waals surface area contributed by atoms with Crippen molar-refractivity contribution in [1.82, 2.24) is 19.9 Å². The van der Waals surface area contributed by atoms with E-state index in [0.717, 1.165) is 38.1 Å². The maximum atomic E-state index is 6.31. The number of aromatic nitrogens is 4. The molecule has 3 aromatic rings. The lowest BCUT2D eigenvalue weighted by molar-refractivity contribution is 0.627. The molecule has 0 saturated heterocycles. The van der Waals surface area contributed by atoms with Crippen molar-refractivity contribution in [3.05, 3.63) is 23.7 Å². The van der Waals surface area contributed by atoms with Crippen molar-refractivity contribution in [3.63, 3.8) is 0 Å². The zero-order valence-electron chi connectivity index (χ0n) is 14.3. The number of nitrogens with two attached hydrogens (primary N) is 1. The lowest BCUT2D eigenvalue weighted by atomic mass is 10.1. The number of thiazole rings is 1. The molecule has 3 N–H and O–H groups in total. The lowest BCUT2D eigenvalue weighted by Crippen LogP contribution is -2.25. The molecule has 128 valence electrons. The standard InChI is InChI=1S/C18H20N6S/c1-9-13(16-22-14-10(2)20-8-5-12(14)25-16)15(19)23-17(21-9)24-18(6-7-18)11-3-4-11/h5,8,11H,3-4,6-7H2,1-2H3,(H3,19,21,23,24). The summed E-state index contributed by atoms with van der Waals surface area (Å²) in [5.41, 5.74) is 10.1. The Kier molecular flexibility index (Phi) is 3.07. The van der Waals surface area contributed by atoms with Gasteiger partial charge in [0.15, 0.2) is 0 Å². The Labute approximate surface area is 149 Å². The zero-order chi connectivity index (χ0) is 17.2. The Morgan fingerprint density at radius 2 is 1.96 bits per heavy atom. The van der Waals surface area contributed by atoms with Crippen molar-refractivity contribution in [2.75, 3.05) is 11.1 Å². The maximum Gasteiger partial charge on any atom is 0.225 e. The average Bonchev–Trinajstić information content (AvgIpc) is 3.46. The molecule has 7 heteroatoms. The van der Waals surface area contributed by atoms with E-state index in [-0.39, 0.29) is 5.54 Å². The van der Waals surface area contributed by atoms with Crippen LogP contribution in [0.15, 0.2) is 12.3 Å². The molecule has 0 radical (unpaired) electrons. The Morgan fingerprint density at radius 3 is 2.60 bits per heavy atom. The molecule has 5 rings (SSSR count). The van der Waals surface area contributed by atoms with Crippen LogP contribution in [-0.4, -0.2) is 25.5 Å². The van der Waals surface area contributed by atoms with Gasteiger partial charge in [0.05, 0.1) is 21.7 Å². The zero-order valence-corrected chi connectivity index (χ0v) is 15.2. The fourth-order valence-corrected chi connectivity index (χ4v) is 4.75. The van der Waals surface area contributed by atoms with Gasteiger partial charge in [0.1, 0.15) is 16.3 Å². The van der Waals surface area contributed by atoms with Crippen LogP contribution in [0.1, 0.15) is 37.1 Å². The van der Waals surface area contributed by atoms with Gasteiger partial charge in [0.25, 0.3) is 0 Å². The summed E-state index contributed by atoms with van der Waals surface area (Å²) in [7, 11) is 0. The molecule has 0 atom stereocenters. The minimum Gasteiger partial charge on any atom is -0.383 e. The van der Waals surface area contributed by atoms with Crippen LogP contribution in [0.2, 0.25) is 0 Å². The first-order valence-corrected chi connectivity index (χ1v) is 9.52. The molecule has 0 unspecified atom stereocenters. The van der Waals surface area contributed by atoms with Gasteiger partial charge in [-0.1, -0.05) is 0 Å². The van der Waals surface area contributed by atoms with Gasteiger partial charge >= 0.3 is 0 Å². The molecule has 2 saturated carbocycles. The topological polar surface area (TPSA) is 89.6 Å². The third-order valence-electron chi connectivity index (χ3n) is 5.33. The monoisotopic (exact) mass is 352 g/mol. The van der Waals surface area contributed by atoms with Crippen molar-refractivity contribution in [3.8, 4) is 10.6 Å². The van der Waals surface area contributed by atoms with Crippen LogP contribution in [0.5, 0.6) is 0 Å². The van der Waals surface area contributed by atoms with E-state index in [9.17, 15) is 0 Å². The third kappa shape index (κ3) is 2.45. The van der Waals surface area contributed by atoms with Crippen molar-refractivity contribution >= 4 is 33.3 Å². The van der Waals surface area contributed by atoms with Crippen molar-refractivity contribution in [2.45, 2.75) is 45.1 Å². The number of pyridine rings is 1. The van der Waals surface area contributed by atoms with Crippen LogP contribution in [0.25, 0.3) is 20.8 Å². The molecule has 0 spiro atoms. The predicted molar refractivity (Wildman–Crippen MR) is 101 cm³/mol. The summed E-state index contributed by atoms with van der Waals surface area (Å²) in [6.07, 6.45) is 6.88. The van der Waals surface area contributed by atoms with Gasteiger partial charge in [-0.05, 0) is 51.5 Å². The highest BCUT2D eigenvalue weighted by atomic mass is 32.1. The third-order valence-corrected chi connectivity index (χ3v) is 6.37. The smallest absolute Gasteiger partial charge is 0.225 e. The summed E-state index contributed by atoms with van der Waals surface area (Å²) in [6.45, 7) is 3.95. The summed E-state index contributed by atoms with van der Waals surface area (Å²) in [5.74, 6) is 1.94. The van der Waals surface area contributed by atoms with Crippen LogP contribution < -0.4 is 11.1 Å². The molecule has 0 bridgehead atoms. The summed E-state index contributed by atoms with van der Waals surface area (Å²) in [5, 5.41) is 4.42. The molecular formula is C18H20N6S. The summed E-state index contributed by atoms with van der Waals surface area (Å²) in [6, 6.07) is 1.98. The van der Waals surface area contributed by atoms with E-state index in [4.69, 9.17) is 10.7 Å². The summed E-state index contributed by atoms with van der Waals surface area (Å²) < 4.78 is 1.11. The highest BCUT2D eigenvalue weighted by Gasteiger charge is 2.54. The minimum atomic E-state index is 0.235. The number of aryl methyl sites for hydroxylation is 2. The Bertz CT molecular complexity index is 963. The molecule has 0 amide bonds. The molecule has 3 heterocycles. The average molecular weight is 352 g/mol. The Balaban J connectivity index is 1.53. The number of hydrogen-bond acceptors (Lipinski definition) is 7. The molecule has 3 aromatic heterocycles. The number of hydrogen-bond donors (Lipinski definition) is 2. The first-order chi connectivity index (χ1) is 12.1. The van der Waals surface area contributed by atoms with Crippen molar-refractivity contribution in [1.29, 1.82) is 0 Å². The predicted octanol–water partition coefficient (Wildman–Crippen LogP) is 3.70. The van der Waals surface area contributed by atoms with E-state index >= 15 is 0 Å². The van der Waals surface area contributed by atoms with E-state index in [2.05, 4.69) is 20.3 Å². The first-order valence-electron chi connectivity index (χ1n) is 8.70. The quantitative estimate of drug-likeness (QED) is 0.744. The van der Waals surface area contributed by atoms with Gasteiger partial charge in [-0.15, -0.1) is 11.3 Å². The highest BCUT2D eigenvalue weighted by molar-refractivity contribution is 7.21. The van der Waals surface area contributed by atoms with Crippen molar-refractivity contribution in [2.24, 2.45) is 5.92 Å². The van der Waals surface area contributed by atoms with Gasteiger partial charge in [0.2, 0.25) is 5.95 Å². The van der Waals surface area contributed by atoms with Gasteiger partial charge < -0.3 is 11.1 Å². The normalized spacial score (nSPS) is 18.5. The second-order valence-corrected chi connectivity index (χ2v) is 8.24. The van der Waals surface area contributed by atoms with E-state index in [1.807, 2.05) is 26.1 Å². The number of rotatable bonds is 4. The molecule has 0 aromatic carbocycles. The fourth-order valence-electron chi connectivity index (χ4n) is 3.63. The van der Waals surface area contributed by atoms with E-state index in [1.165, 1.54) is 25.7 Å². The number of anilines is 2. The maximum absolute atomic E-state index is 6.31. The van der Waals surface area contributed by atoms with Crippen LogP contribution in [0.3, 0.4) is 0 Å². The second-order valence-electron chi connectivity index (χ2n) is 7.21. The molecule has 25 heavy (non-hydrogen) atoms. The highest BCUT2D eigenvalue weighted by Crippen LogP contribution is 2.55. The second kappa shape index (κ2) is 5.11. The van der Waals surface area contributed by atoms with E-state index in [0.29, 0.717) is 11.8 Å². The number of nitrogens with zero attached hydrogens (tertiary/aromatic N) is 4. The largest absolute Gasteiger partial charge is 0.383 e. The summed E-state index contributed by atoms with van der Waals surface area (Å²) >= 11 is 1.61. The molecule has 6 nitrogen and oxygen atoms in total. The SMILES string of the molecule is Cc1nc(NC2(C3CC3)CC2)nc(N)c1-c1nc2c(C)nccc2s1. The van der Waals surface area contributed by atoms with Gasteiger partial charge in [-0.25, -0.2) is 9.97 Å². The first kappa shape index (κ1) is 15.0. The molecule has 2 aliphatic rings. The number of fused-ring (bicyclic) bond motifs is 1. The van der Waals surface area contributed by atoms with Crippen LogP contribution in [0.4, 0.5) is 11.8 Å². The fraction of sp³-hybridized carbons (Fsp3) is 0.444. The molecular weight excluding hydrogens is 332 g/mol. The lowest BCUT2D eigenvalue weighted by Gasteiger charge is -2.17. The molecule has 0 aliphatic heterocycles. The molecule has 2 aliphatic carbocycles. The number of nitrogens with one attached hydrogen (secondary N) is 1. The van der Waals surface area contributed by atoms with E-state index in [1.54, 1.807) is 11.3 Å². The van der Waals surface area contributed by atoms with Crippen LogP contribution >= 0.6 is 11.3 Å². The van der Waals surface area contributed by atoms with E-state index < -0.39 is 0 Å². The summed E-state index contributed by atoms with van der Waals surface area (Å²) in [4.78, 5) is 18.3. The number of nitrogen functional groups attached to an aromatic ring is 1. The van der Waals surface area contributed by atoms with Crippen LogP contribution in [0, 0.1) is 19.8 Å². The molecule has 2 fully saturated rings. The van der Waals surface area contributed by atoms with Gasteiger partial charge in [-0.2, -0.15) is 4.98 Å². The Hall–Kier alpha value is -2.28. The van der Waals surface area contributed by atoms with Gasteiger partial charge in [0, 0.05) is 11.7 Å². The van der Waals surface area contributed by atoms with Gasteiger partial charge in [-0.3, -0.25) is 4.98 Å². The van der Waals surface area contributed by atoms with Crippen LogP contribution in [-0.2, 0) is 0 Å². The van der Waals surface area contributed by atoms with Crippen molar-refractivity contribution < 1.29 is 0 Å². The minimum absolute atomic E-state index is 0.235.